The molecule has 0 spiro atoms. The number of ether oxygens (including phenoxy) is 1. The molecule has 3 N–H and O–H groups in total. The number of morpholine rings is 1. The quantitative estimate of drug-likeness (QED) is 0.355. The summed E-state index contributed by atoms with van der Waals surface area (Å²) in [4.78, 5) is 25.9. The molecule has 1 aliphatic carbocycles. The van der Waals surface area contributed by atoms with Gasteiger partial charge in [0, 0.05) is 44.7 Å². The number of aliphatic hydroxyl groups excluding tert-OH is 1. The number of benzene rings is 1. The van der Waals surface area contributed by atoms with Crippen molar-refractivity contribution in [2.75, 3.05) is 51.3 Å². The highest BCUT2D eigenvalue weighted by molar-refractivity contribution is 7.17. The van der Waals surface area contributed by atoms with Crippen molar-refractivity contribution < 1.29 is 14.6 Å². The molecule has 1 saturated carbocycles. The number of rotatable bonds is 10. The Morgan fingerprint density at radius 3 is 2.87 bits per heavy atom. The van der Waals surface area contributed by atoms with Gasteiger partial charge in [-0.1, -0.05) is 18.6 Å². The Morgan fingerprint density at radius 2 is 2.00 bits per heavy atom. The van der Waals surface area contributed by atoms with Crippen molar-refractivity contribution in [2.45, 2.75) is 32.1 Å². The maximum Gasteiger partial charge on any atom is 0.261 e. The number of nitrogens with zero attached hydrogens (tertiary/aromatic N) is 3. The van der Waals surface area contributed by atoms with E-state index in [2.05, 4.69) is 38.7 Å². The number of aliphatic hydroxyl groups is 1. The molecule has 2 atom stereocenters. The molecule has 0 bridgehead atoms. The minimum atomic E-state index is -0.0475. The molecule has 202 valence electrons. The van der Waals surface area contributed by atoms with Crippen LogP contribution in [0.5, 0.6) is 0 Å². The molecular weight excluding hydrogens is 498 g/mol. The second-order valence-corrected chi connectivity index (χ2v) is 11.3. The predicted molar refractivity (Wildman–Crippen MR) is 151 cm³/mol. The highest BCUT2D eigenvalue weighted by Crippen LogP contribution is 2.30. The minimum absolute atomic E-state index is 0.0475. The number of hydrogen-bond donors (Lipinski definition) is 3. The van der Waals surface area contributed by atoms with Crippen molar-refractivity contribution in [3.8, 4) is 10.6 Å². The number of amides is 1. The van der Waals surface area contributed by atoms with Gasteiger partial charge in [-0.3, -0.25) is 9.69 Å². The smallest absolute Gasteiger partial charge is 0.261 e. The molecular formula is C29H37N5O3S. The standard InChI is InChI=1S/C29H37N5O3S/c35-20-23-5-1-4-22(17-23)19-31-28(36)27-8-7-26(38-27)25-9-11-30-29(33-25)32-24-6-2-3-21(18-24)10-12-34-13-15-37-16-14-34/h2-3,6-9,11,18,22-23,35H,1,4-5,10,12-17,19-20H2,(H,31,36)(H,30,32,33). The molecule has 38 heavy (non-hydrogen) atoms. The van der Waals surface area contributed by atoms with Crippen molar-refractivity contribution in [3.05, 3.63) is 59.1 Å². The lowest BCUT2D eigenvalue weighted by atomic mass is 9.82. The summed E-state index contributed by atoms with van der Waals surface area (Å²) in [6.07, 6.45) is 7.04. The Hall–Kier alpha value is -2.85. The summed E-state index contributed by atoms with van der Waals surface area (Å²) >= 11 is 1.44. The van der Waals surface area contributed by atoms with E-state index in [0.29, 0.717) is 29.2 Å². The van der Waals surface area contributed by atoms with Crippen LogP contribution in [-0.4, -0.2) is 71.9 Å². The van der Waals surface area contributed by atoms with Crippen LogP contribution < -0.4 is 10.6 Å². The molecule has 5 rings (SSSR count). The third kappa shape index (κ3) is 7.38. The van der Waals surface area contributed by atoms with Gasteiger partial charge < -0.3 is 20.5 Å². The van der Waals surface area contributed by atoms with Crippen LogP contribution in [0.25, 0.3) is 10.6 Å². The van der Waals surface area contributed by atoms with Crippen LogP contribution in [0.4, 0.5) is 11.6 Å². The van der Waals surface area contributed by atoms with Gasteiger partial charge in [0.05, 0.1) is 28.7 Å². The van der Waals surface area contributed by atoms with Crippen LogP contribution in [-0.2, 0) is 11.2 Å². The van der Waals surface area contributed by atoms with Gasteiger partial charge in [0.25, 0.3) is 5.91 Å². The second kappa shape index (κ2) is 13.3. The number of aromatic nitrogens is 2. The van der Waals surface area contributed by atoms with Gasteiger partial charge in [0.15, 0.2) is 0 Å². The summed E-state index contributed by atoms with van der Waals surface area (Å²) in [6.45, 7) is 5.56. The molecule has 3 aromatic rings. The Balaban J connectivity index is 1.16. The molecule has 1 saturated heterocycles. The third-order valence-electron chi connectivity index (χ3n) is 7.44. The molecule has 2 aliphatic rings. The van der Waals surface area contributed by atoms with Crippen LogP contribution in [0.3, 0.4) is 0 Å². The first-order valence-electron chi connectivity index (χ1n) is 13.6. The summed E-state index contributed by atoms with van der Waals surface area (Å²) in [7, 11) is 0. The molecule has 9 heteroatoms. The molecule has 2 aromatic heterocycles. The lowest BCUT2D eigenvalue weighted by Crippen LogP contribution is -2.37. The minimum Gasteiger partial charge on any atom is -0.396 e. The van der Waals surface area contributed by atoms with Gasteiger partial charge >= 0.3 is 0 Å². The topological polar surface area (TPSA) is 99.6 Å². The van der Waals surface area contributed by atoms with Crippen LogP contribution in [0, 0.1) is 11.8 Å². The van der Waals surface area contributed by atoms with Gasteiger partial charge in [0.2, 0.25) is 5.95 Å². The normalized spacial score (nSPS) is 20.2. The lowest BCUT2D eigenvalue weighted by Gasteiger charge is -2.27. The first-order chi connectivity index (χ1) is 18.7. The monoisotopic (exact) mass is 535 g/mol. The fraction of sp³-hybridized carbons (Fsp3) is 0.483. The van der Waals surface area contributed by atoms with E-state index in [1.54, 1.807) is 6.20 Å². The van der Waals surface area contributed by atoms with E-state index < -0.39 is 0 Å². The molecule has 1 aliphatic heterocycles. The molecule has 1 amide bonds. The van der Waals surface area contributed by atoms with Crippen molar-refractivity contribution in [1.29, 1.82) is 0 Å². The number of thiophene rings is 1. The lowest BCUT2D eigenvalue weighted by molar-refractivity contribution is 0.0384. The first-order valence-corrected chi connectivity index (χ1v) is 14.5. The molecule has 2 fully saturated rings. The van der Waals surface area contributed by atoms with E-state index in [1.807, 2.05) is 24.3 Å². The van der Waals surface area contributed by atoms with Crippen LogP contribution in [0.2, 0.25) is 0 Å². The third-order valence-corrected chi connectivity index (χ3v) is 8.55. The zero-order chi connectivity index (χ0) is 26.2. The fourth-order valence-corrected chi connectivity index (χ4v) is 6.17. The summed E-state index contributed by atoms with van der Waals surface area (Å²) in [5.41, 5.74) is 3.01. The Bertz CT molecular complexity index is 1200. The van der Waals surface area contributed by atoms with Gasteiger partial charge in [-0.2, -0.15) is 0 Å². The predicted octanol–water partition coefficient (Wildman–Crippen LogP) is 4.35. The average molecular weight is 536 g/mol. The molecule has 8 nitrogen and oxygen atoms in total. The van der Waals surface area contributed by atoms with Crippen molar-refractivity contribution in [1.82, 2.24) is 20.2 Å². The van der Waals surface area contributed by atoms with Crippen molar-refractivity contribution >= 4 is 28.9 Å². The molecule has 0 radical (unpaired) electrons. The molecule has 3 heterocycles. The van der Waals surface area contributed by atoms with Crippen molar-refractivity contribution in [2.24, 2.45) is 11.8 Å². The van der Waals surface area contributed by atoms with Crippen LogP contribution >= 0.6 is 11.3 Å². The maximum atomic E-state index is 12.8. The summed E-state index contributed by atoms with van der Waals surface area (Å²) in [5.74, 6) is 1.30. The number of carbonyl (C=O) groups excluding carboxylic acids is 1. The SMILES string of the molecule is O=C(NCC1CCCC(CO)C1)c1ccc(-c2ccnc(Nc3cccc(CCN4CCOCC4)c3)n2)s1. The van der Waals surface area contributed by atoms with E-state index in [0.717, 1.165) is 81.2 Å². The Kier molecular flexibility index (Phi) is 9.35. The number of nitrogens with one attached hydrogen (secondary N) is 2. The maximum absolute atomic E-state index is 12.8. The van der Waals surface area contributed by atoms with E-state index in [-0.39, 0.29) is 12.5 Å². The number of hydrogen-bond acceptors (Lipinski definition) is 8. The van der Waals surface area contributed by atoms with E-state index in [1.165, 1.54) is 16.9 Å². The fourth-order valence-electron chi connectivity index (χ4n) is 5.28. The highest BCUT2D eigenvalue weighted by atomic mass is 32.1. The summed E-state index contributed by atoms with van der Waals surface area (Å²) in [5, 5.41) is 15.9. The van der Waals surface area contributed by atoms with Gasteiger partial charge in [-0.25, -0.2) is 9.97 Å². The van der Waals surface area contributed by atoms with E-state index in [4.69, 9.17) is 9.72 Å². The highest BCUT2D eigenvalue weighted by Gasteiger charge is 2.22. The molecule has 1 aromatic carbocycles. The van der Waals surface area contributed by atoms with Gasteiger partial charge in [-0.05, 0) is 73.4 Å². The number of anilines is 2. The average Bonchev–Trinajstić information content (AvgIpc) is 3.47. The summed E-state index contributed by atoms with van der Waals surface area (Å²) < 4.78 is 5.44. The Morgan fingerprint density at radius 1 is 1.13 bits per heavy atom. The van der Waals surface area contributed by atoms with E-state index >= 15 is 0 Å². The van der Waals surface area contributed by atoms with Gasteiger partial charge in [0.1, 0.15) is 0 Å². The molecule has 2 unspecified atom stereocenters. The van der Waals surface area contributed by atoms with Gasteiger partial charge in [-0.15, -0.1) is 11.3 Å². The second-order valence-electron chi connectivity index (χ2n) is 10.3. The zero-order valence-electron chi connectivity index (χ0n) is 21.8. The Labute approximate surface area is 228 Å². The van der Waals surface area contributed by atoms with Crippen LogP contribution in [0.15, 0.2) is 48.7 Å². The van der Waals surface area contributed by atoms with Crippen molar-refractivity contribution in [3.63, 3.8) is 0 Å². The summed E-state index contributed by atoms with van der Waals surface area (Å²) in [6, 6.07) is 14.1. The zero-order valence-corrected chi connectivity index (χ0v) is 22.6. The first kappa shape index (κ1) is 26.7. The number of carbonyl (C=O) groups is 1. The van der Waals surface area contributed by atoms with Crippen LogP contribution in [0.1, 0.15) is 40.9 Å². The largest absolute Gasteiger partial charge is 0.396 e. The van der Waals surface area contributed by atoms with E-state index in [9.17, 15) is 9.90 Å².